The Balaban J connectivity index is 2.09. The number of hydrogen-bond donors (Lipinski definition) is 1. The molecule has 0 saturated carbocycles. The average molecular weight is 321 g/mol. The number of aromatic nitrogens is 3. The molecule has 0 atom stereocenters. The van der Waals surface area contributed by atoms with Crippen LogP contribution >= 0.6 is 23.2 Å². The number of halogens is 2. The number of rotatable bonds is 2. The molecule has 3 aromatic rings. The summed E-state index contributed by atoms with van der Waals surface area (Å²) in [6.07, 6.45) is 1.68. The number of aryl methyl sites for hydroxylation is 1. The van der Waals surface area contributed by atoms with E-state index in [-0.39, 0.29) is 5.89 Å². The fraction of sp³-hybridized carbons (Fsp3) is 0.0714. The third-order valence-electron chi connectivity index (χ3n) is 2.93. The first-order chi connectivity index (χ1) is 10.1. The van der Waals surface area contributed by atoms with Gasteiger partial charge in [0, 0.05) is 6.20 Å². The van der Waals surface area contributed by atoms with Gasteiger partial charge in [-0.3, -0.25) is 4.98 Å². The van der Waals surface area contributed by atoms with Crippen LogP contribution in [0.4, 0.5) is 5.69 Å². The molecule has 106 valence electrons. The van der Waals surface area contributed by atoms with Crippen LogP contribution in [-0.4, -0.2) is 15.1 Å². The van der Waals surface area contributed by atoms with Gasteiger partial charge in [-0.15, -0.1) is 0 Å². The highest BCUT2D eigenvalue weighted by Crippen LogP contribution is 2.37. The van der Waals surface area contributed by atoms with Crippen molar-refractivity contribution in [3.8, 4) is 23.0 Å². The van der Waals surface area contributed by atoms with Crippen molar-refractivity contribution in [2.24, 2.45) is 0 Å². The van der Waals surface area contributed by atoms with Crippen molar-refractivity contribution in [1.29, 1.82) is 0 Å². The first kappa shape index (κ1) is 13.9. The summed E-state index contributed by atoms with van der Waals surface area (Å²) in [5.74, 6) is 0.572. The molecule has 2 heterocycles. The van der Waals surface area contributed by atoms with Crippen molar-refractivity contribution in [2.45, 2.75) is 6.92 Å². The van der Waals surface area contributed by atoms with Gasteiger partial charge in [0.05, 0.1) is 21.3 Å². The summed E-state index contributed by atoms with van der Waals surface area (Å²) in [5.41, 5.74) is 8.32. The lowest BCUT2D eigenvalue weighted by molar-refractivity contribution is 0.432. The van der Waals surface area contributed by atoms with Crippen molar-refractivity contribution < 1.29 is 4.52 Å². The zero-order valence-corrected chi connectivity index (χ0v) is 12.5. The highest BCUT2D eigenvalue weighted by atomic mass is 35.5. The number of benzene rings is 1. The van der Waals surface area contributed by atoms with Gasteiger partial charge in [0.1, 0.15) is 5.69 Å². The Labute approximate surface area is 130 Å². The first-order valence-corrected chi connectivity index (χ1v) is 6.82. The van der Waals surface area contributed by atoms with E-state index in [1.165, 1.54) is 0 Å². The normalized spacial score (nSPS) is 10.8. The summed E-state index contributed by atoms with van der Waals surface area (Å²) in [7, 11) is 0. The predicted octanol–water partition coefficient (Wildman–Crippen LogP) is 4.00. The van der Waals surface area contributed by atoms with Crippen LogP contribution in [0.25, 0.3) is 23.0 Å². The zero-order valence-electron chi connectivity index (χ0n) is 11.0. The van der Waals surface area contributed by atoms with Crippen molar-refractivity contribution in [3.05, 3.63) is 46.1 Å². The Morgan fingerprint density at radius 1 is 1.14 bits per heavy atom. The van der Waals surface area contributed by atoms with E-state index < -0.39 is 0 Å². The standard InChI is InChI=1S/C14H10Cl2N4O/c1-7-4-5-18-10(6-7)13-19-14(21-20-13)11-8(15)2-3-9(16)12(11)17/h2-6H,17H2,1H3. The lowest BCUT2D eigenvalue weighted by Gasteiger charge is -2.04. The molecule has 0 fully saturated rings. The second-order valence-electron chi connectivity index (χ2n) is 4.46. The highest BCUT2D eigenvalue weighted by molar-refractivity contribution is 6.37. The summed E-state index contributed by atoms with van der Waals surface area (Å²) in [4.78, 5) is 8.50. The summed E-state index contributed by atoms with van der Waals surface area (Å²) in [5, 5.41) is 4.68. The molecule has 0 unspecified atom stereocenters. The van der Waals surface area contributed by atoms with Crippen LogP contribution in [0.1, 0.15) is 5.56 Å². The minimum atomic E-state index is 0.207. The van der Waals surface area contributed by atoms with Crippen molar-refractivity contribution in [3.63, 3.8) is 0 Å². The lowest BCUT2D eigenvalue weighted by atomic mass is 10.2. The number of pyridine rings is 1. The maximum atomic E-state index is 6.13. The van der Waals surface area contributed by atoms with Gasteiger partial charge in [0.2, 0.25) is 5.82 Å². The summed E-state index contributed by atoms with van der Waals surface area (Å²) in [6.45, 7) is 1.96. The lowest BCUT2D eigenvalue weighted by Crippen LogP contribution is -1.93. The predicted molar refractivity (Wildman–Crippen MR) is 82.1 cm³/mol. The van der Waals surface area contributed by atoms with E-state index >= 15 is 0 Å². The maximum absolute atomic E-state index is 6.13. The van der Waals surface area contributed by atoms with Gasteiger partial charge in [-0.05, 0) is 36.8 Å². The molecule has 2 aromatic heterocycles. The van der Waals surface area contributed by atoms with Crippen molar-refractivity contribution in [1.82, 2.24) is 15.1 Å². The van der Waals surface area contributed by atoms with E-state index in [2.05, 4.69) is 15.1 Å². The maximum Gasteiger partial charge on any atom is 0.261 e. The molecule has 21 heavy (non-hydrogen) atoms. The fourth-order valence-corrected chi connectivity index (χ4v) is 2.28. The van der Waals surface area contributed by atoms with Crippen LogP contribution in [0, 0.1) is 6.92 Å². The second kappa shape index (κ2) is 5.35. The van der Waals surface area contributed by atoms with Gasteiger partial charge in [-0.1, -0.05) is 28.4 Å². The molecular formula is C14H10Cl2N4O. The quantitative estimate of drug-likeness (QED) is 0.722. The average Bonchev–Trinajstić information content (AvgIpc) is 2.93. The second-order valence-corrected chi connectivity index (χ2v) is 5.27. The third-order valence-corrected chi connectivity index (χ3v) is 3.57. The molecular weight excluding hydrogens is 311 g/mol. The molecule has 0 aliphatic heterocycles. The highest BCUT2D eigenvalue weighted by Gasteiger charge is 2.18. The van der Waals surface area contributed by atoms with Crippen molar-refractivity contribution >= 4 is 28.9 Å². The van der Waals surface area contributed by atoms with E-state index in [9.17, 15) is 0 Å². The van der Waals surface area contributed by atoms with Crippen LogP contribution in [0.15, 0.2) is 35.0 Å². The van der Waals surface area contributed by atoms with Crippen LogP contribution in [0.2, 0.25) is 10.0 Å². The van der Waals surface area contributed by atoms with Crippen LogP contribution in [0.5, 0.6) is 0 Å². The molecule has 0 aliphatic carbocycles. The number of nitrogens with two attached hydrogens (primary N) is 1. The van der Waals surface area contributed by atoms with Gasteiger partial charge in [0.15, 0.2) is 0 Å². The number of hydrogen-bond acceptors (Lipinski definition) is 5. The molecule has 5 nitrogen and oxygen atoms in total. The van der Waals surface area contributed by atoms with E-state index in [1.54, 1.807) is 18.3 Å². The third kappa shape index (κ3) is 2.57. The Bertz CT molecular complexity index is 816. The summed E-state index contributed by atoms with van der Waals surface area (Å²) in [6, 6.07) is 6.99. The molecule has 0 spiro atoms. The van der Waals surface area contributed by atoms with Gasteiger partial charge in [0.25, 0.3) is 5.89 Å². The molecule has 0 bridgehead atoms. The van der Waals surface area contributed by atoms with E-state index in [0.29, 0.717) is 32.8 Å². The van der Waals surface area contributed by atoms with Crippen LogP contribution in [0.3, 0.4) is 0 Å². The molecule has 7 heteroatoms. The monoisotopic (exact) mass is 320 g/mol. The Kier molecular flexibility index (Phi) is 3.53. The van der Waals surface area contributed by atoms with E-state index in [1.807, 2.05) is 19.1 Å². The molecule has 0 radical (unpaired) electrons. The molecule has 1 aromatic carbocycles. The van der Waals surface area contributed by atoms with Crippen LogP contribution < -0.4 is 5.73 Å². The van der Waals surface area contributed by atoms with Gasteiger partial charge in [-0.2, -0.15) is 4.98 Å². The van der Waals surface area contributed by atoms with Gasteiger partial charge in [-0.25, -0.2) is 0 Å². The molecule has 0 saturated heterocycles. The Morgan fingerprint density at radius 3 is 2.67 bits per heavy atom. The summed E-state index contributed by atoms with van der Waals surface area (Å²) < 4.78 is 5.24. The van der Waals surface area contributed by atoms with Crippen molar-refractivity contribution in [2.75, 3.05) is 5.73 Å². The fourth-order valence-electron chi connectivity index (χ4n) is 1.87. The summed E-state index contributed by atoms with van der Waals surface area (Å²) >= 11 is 12.1. The van der Waals surface area contributed by atoms with E-state index in [4.69, 9.17) is 33.5 Å². The number of nitrogen functional groups attached to an aromatic ring is 1. The molecule has 3 rings (SSSR count). The van der Waals surface area contributed by atoms with Crippen LogP contribution in [-0.2, 0) is 0 Å². The van der Waals surface area contributed by atoms with Gasteiger partial charge < -0.3 is 10.3 Å². The first-order valence-electron chi connectivity index (χ1n) is 6.07. The SMILES string of the molecule is Cc1ccnc(-c2noc(-c3c(Cl)ccc(Cl)c3N)n2)c1. The molecule has 0 aliphatic rings. The minimum absolute atomic E-state index is 0.207. The number of nitrogens with zero attached hydrogens (tertiary/aromatic N) is 3. The van der Waals surface area contributed by atoms with E-state index in [0.717, 1.165) is 5.56 Å². The molecule has 2 N–H and O–H groups in total. The minimum Gasteiger partial charge on any atom is -0.397 e. The largest absolute Gasteiger partial charge is 0.397 e. The van der Waals surface area contributed by atoms with Gasteiger partial charge >= 0.3 is 0 Å². The molecule has 0 amide bonds. The Hall–Kier alpha value is -2.11. The smallest absolute Gasteiger partial charge is 0.261 e. The topological polar surface area (TPSA) is 77.8 Å². The Morgan fingerprint density at radius 2 is 1.90 bits per heavy atom. The zero-order chi connectivity index (χ0) is 15.0. The number of anilines is 1.